The lowest BCUT2D eigenvalue weighted by Gasteiger charge is -2.29. The maximum atomic E-state index is 10.9. The van der Waals surface area contributed by atoms with Gasteiger partial charge in [-0.05, 0) is 26.0 Å². The first-order chi connectivity index (χ1) is 9.54. The summed E-state index contributed by atoms with van der Waals surface area (Å²) in [4.78, 5) is 17.4. The van der Waals surface area contributed by atoms with Crippen LogP contribution in [0.1, 0.15) is 20.3 Å². The van der Waals surface area contributed by atoms with E-state index in [0.717, 1.165) is 21.1 Å². The van der Waals surface area contributed by atoms with E-state index in [-0.39, 0.29) is 12.5 Å². The van der Waals surface area contributed by atoms with E-state index in [4.69, 9.17) is 5.11 Å². The van der Waals surface area contributed by atoms with Crippen LogP contribution in [0.15, 0.2) is 34.9 Å². The zero-order valence-corrected chi connectivity index (χ0v) is 13.1. The molecule has 0 fully saturated rings. The molecule has 0 amide bonds. The quantitative estimate of drug-likeness (QED) is 0.904. The third-order valence-corrected chi connectivity index (χ3v) is 4.04. The maximum Gasteiger partial charge on any atom is 0.305 e. The number of hydrogen-bond donors (Lipinski definition) is 1. The van der Waals surface area contributed by atoms with Crippen molar-refractivity contribution in [3.05, 3.63) is 34.9 Å². The van der Waals surface area contributed by atoms with Crippen molar-refractivity contribution in [3.63, 3.8) is 0 Å². The van der Waals surface area contributed by atoms with E-state index >= 15 is 0 Å². The van der Waals surface area contributed by atoms with Gasteiger partial charge in [-0.15, -0.1) is 0 Å². The molecule has 0 spiro atoms. The topological polar surface area (TPSA) is 53.4 Å². The normalized spacial score (nSPS) is 12.3. The molecule has 1 N–H and O–H groups in total. The number of rotatable bonds is 5. The highest BCUT2D eigenvalue weighted by atomic mass is 79.9. The standard InChI is InChI=1S/C15H17BrN2O2/c1-3-18(10(2)9-14(19)20)15-12-5-4-6-13(16)11(12)7-8-17-15/h4-8,10H,3,9H2,1-2H3,(H,19,20). The molecule has 1 heterocycles. The van der Waals surface area contributed by atoms with Crippen molar-refractivity contribution in [2.45, 2.75) is 26.3 Å². The summed E-state index contributed by atoms with van der Waals surface area (Å²) >= 11 is 3.54. The molecule has 106 valence electrons. The Balaban J connectivity index is 2.49. The summed E-state index contributed by atoms with van der Waals surface area (Å²) in [6.45, 7) is 4.64. The van der Waals surface area contributed by atoms with Crippen LogP contribution in [0.25, 0.3) is 10.8 Å². The van der Waals surface area contributed by atoms with Crippen LogP contribution in [0.3, 0.4) is 0 Å². The SMILES string of the molecule is CCN(c1nccc2c(Br)cccc12)C(C)CC(=O)O. The number of carbonyl (C=O) groups is 1. The Labute approximate surface area is 126 Å². The third kappa shape index (κ3) is 2.93. The Morgan fingerprint density at radius 3 is 2.80 bits per heavy atom. The largest absolute Gasteiger partial charge is 0.481 e. The zero-order chi connectivity index (χ0) is 14.7. The van der Waals surface area contributed by atoms with E-state index < -0.39 is 5.97 Å². The number of aromatic nitrogens is 1. The van der Waals surface area contributed by atoms with Gasteiger partial charge in [0.1, 0.15) is 5.82 Å². The summed E-state index contributed by atoms with van der Waals surface area (Å²) in [5, 5.41) is 11.1. The fraction of sp³-hybridized carbons (Fsp3) is 0.333. The number of pyridine rings is 1. The number of anilines is 1. The third-order valence-electron chi connectivity index (χ3n) is 3.35. The number of fused-ring (bicyclic) bond motifs is 1. The van der Waals surface area contributed by atoms with Crippen molar-refractivity contribution in [2.24, 2.45) is 0 Å². The van der Waals surface area contributed by atoms with Crippen LogP contribution < -0.4 is 4.90 Å². The van der Waals surface area contributed by atoms with Crippen LogP contribution in [-0.2, 0) is 4.79 Å². The Kier molecular flexibility index (Phi) is 4.60. The number of nitrogens with zero attached hydrogens (tertiary/aromatic N) is 2. The van der Waals surface area contributed by atoms with E-state index in [1.165, 1.54) is 0 Å². The van der Waals surface area contributed by atoms with Gasteiger partial charge in [-0.1, -0.05) is 28.1 Å². The molecule has 1 atom stereocenters. The number of hydrogen-bond acceptors (Lipinski definition) is 3. The summed E-state index contributed by atoms with van der Waals surface area (Å²) in [7, 11) is 0. The first-order valence-corrected chi connectivity index (χ1v) is 7.35. The first kappa shape index (κ1) is 14.8. The molecule has 1 aromatic carbocycles. The van der Waals surface area contributed by atoms with Crippen LogP contribution in [0.4, 0.5) is 5.82 Å². The molecule has 2 rings (SSSR count). The summed E-state index contributed by atoms with van der Waals surface area (Å²) < 4.78 is 1.01. The van der Waals surface area contributed by atoms with Gasteiger partial charge in [0.15, 0.2) is 0 Å². The summed E-state index contributed by atoms with van der Waals surface area (Å²) in [5.74, 6) is 0.0393. The lowest BCUT2D eigenvalue weighted by Crippen LogP contribution is -2.35. The maximum absolute atomic E-state index is 10.9. The number of carboxylic acid groups (broad SMARTS) is 1. The summed E-state index contributed by atoms with van der Waals surface area (Å²) in [6, 6.07) is 7.82. The smallest absolute Gasteiger partial charge is 0.305 e. The van der Waals surface area contributed by atoms with Gasteiger partial charge in [-0.2, -0.15) is 0 Å². The molecule has 0 radical (unpaired) electrons. The van der Waals surface area contributed by atoms with Gasteiger partial charge in [-0.3, -0.25) is 4.79 Å². The molecule has 0 aliphatic rings. The van der Waals surface area contributed by atoms with Crippen LogP contribution in [0.5, 0.6) is 0 Å². The molecular weight excluding hydrogens is 320 g/mol. The minimum absolute atomic E-state index is 0.0971. The van der Waals surface area contributed by atoms with Crippen LogP contribution >= 0.6 is 15.9 Å². The van der Waals surface area contributed by atoms with Crippen molar-refractivity contribution < 1.29 is 9.90 Å². The second-order valence-corrected chi connectivity index (χ2v) is 5.56. The minimum Gasteiger partial charge on any atom is -0.481 e. The highest BCUT2D eigenvalue weighted by Crippen LogP contribution is 2.30. The first-order valence-electron chi connectivity index (χ1n) is 6.56. The Morgan fingerprint density at radius 1 is 1.40 bits per heavy atom. The number of aliphatic carboxylic acids is 1. The highest BCUT2D eigenvalue weighted by Gasteiger charge is 2.19. The van der Waals surface area contributed by atoms with Crippen LogP contribution in [0.2, 0.25) is 0 Å². The average molecular weight is 337 g/mol. The molecule has 0 bridgehead atoms. The van der Waals surface area contributed by atoms with Gasteiger partial charge in [0, 0.05) is 34.0 Å². The molecule has 2 aromatic rings. The molecule has 5 heteroatoms. The van der Waals surface area contributed by atoms with E-state index in [9.17, 15) is 4.79 Å². The molecule has 1 aromatic heterocycles. The van der Waals surface area contributed by atoms with E-state index in [1.807, 2.05) is 43.0 Å². The molecule has 20 heavy (non-hydrogen) atoms. The minimum atomic E-state index is -0.794. The number of halogens is 1. The fourth-order valence-electron chi connectivity index (χ4n) is 2.42. The Hall–Kier alpha value is -1.62. The number of benzene rings is 1. The molecular formula is C15H17BrN2O2. The van der Waals surface area contributed by atoms with E-state index in [2.05, 4.69) is 20.9 Å². The summed E-state index contributed by atoms with van der Waals surface area (Å²) in [5.41, 5.74) is 0. The van der Waals surface area contributed by atoms with Crippen LogP contribution in [0, 0.1) is 0 Å². The fourth-order valence-corrected chi connectivity index (χ4v) is 2.91. The second-order valence-electron chi connectivity index (χ2n) is 4.70. The van der Waals surface area contributed by atoms with Gasteiger partial charge in [0.25, 0.3) is 0 Å². The average Bonchev–Trinajstić information content (AvgIpc) is 2.40. The monoisotopic (exact) mass is 336 g/mol. The van der Waals surface area contributed by atoms with Crippen molar-refractivity contribution in [1.29, 1.82) is 0 Å². The van der Waals surface area contributed by atoms with Crippen molar-refractivity contribution >= 4 is 38.5 Å². The Morgan fingerprint density at radius 2 is 2.15 bits per heavy atom. The van der Waals surface area contributed by atoms with Crippen molar-refractivity contribution in [1.82, 2.24) is 4.98 Å². The number of carboxylic acids is 1. The lowest BCUT2D eigenvalue weighted by molar-refractivity contribution is -0.137. The molecule has 0 saturated carbocycles. The predicted molar refractivity (Wildman–Crippen MR) is 84.2 cm³/mol. The predicted octanol–water partition coefficient (Wildman–Crippen LogP) is 3.69. The molecule has 0 saturated heterocycles. The van der Waals surface area contributed by atoms with Gasteiger partial charge in [0.05, 0.1) is 6.42 Å². The van der Waals surface area contributed by atoms with Crippen molar-refractivity contribution in [2.75, 3.05) is 11.4 Å². The molecule has 1 unspecified atom stereocenters. The van der Waals surface area contributed by atoms with Gasteiger partial charge in [0.2, 0.25) is 0 Å². The Bertz CT molecular complexity index is 630. The van der Waals surface area contributed by atoms with Crippen LogP contribution in [-0.4, -0.2) is 28.6 Å². The lowest BCUT2D eigenvalue weighted by atomic mass is 10.1. The summed E-state index contributed by atoms with van der Waals surface area (Å²) in [6.07, 6.45) is 1.86. The molecule has 0 aliphatic heterocycles. The zero-order valence-electron chi connectivity index (χ0n) is 11.5. The van der Waals surface area contributed by atoms with Gasteiger partial charge < -0.3 is 10.0 Å². The molecule has 0 aliphatic carbocycles. The highest BCUT2D eigenvalue weighted by molar-refractivity contribution is 9.10. The van der Waals surface area contributed by atoms with E-state index in [0.29, 0.717) is 6.54 Å². The van der Waals surface area contributed by atoms with Gasteiger partial charge >= 0.3 is 5.97 Å². The van der Waals surface area contributed by atoms with Gasteiger partial charge in [-0.25, -0.2) is 4.98 Å². The van der Waals surface area contributed by atoms with E-state index in [1.54, 1.807) is 6.20 Å². The van der Waals surface area contributed by atoms with Crippen molar-refractivity contribution in [3.8, 4) is 0 Å². The second kappa shape index (κ2) is 6.22. The molecule has 4 nitrogen and oxygen atoms in total.